The molecule has 1 aliphatic rings. The van der Waals surface area contributed by atoms with Crippen LogP contribution < -0.4 is 0 Å². The van der Waals surface area contributed by atoms with E-state index in [2.05, 4.69) is 20.8 Å². The van der Waals surface area contributed by atoms with Gasteiger partial charge in [-0.15, -0.1) is 11.8 Å². The molecule has 0 aromatic rings. The lowest BCUT2D eigenvalue weighted by Crippen LogP contribution is -2.31. The molecule has 0 amide bonds. The van der Waals surface area contributed by atoms with E-state index < -0.39 is 4.93 Å². The SMILES string of the molecule is CC1CC(C)SC(C)(O)C(C)S1. The van der Waals surface area contributed by atoms with Crippen molar-refractivity contribution < 1.29 is 5.11 Å². The number of aliphatic hydroxyl groups is 1. The molecule has 1 fully saturated rings. The highest BCUT2D eigenvalue weighted by atomic mass is 32.2. The van der Waals surface area contributed by atoms with E-state index in [0.29, 0.717) is 15.7 Å². The maximum Gasteiger partial charge on any atom is 0.119 e. The van der Waals surface area contributed by atoms with Gasteiger partial charge in [-0.3, -0.25) is 0 Å². The van der Waals surface area contributed by atoms with Crippen molar-refractivity contribution in [2.75, 3.05) is 0 Å². The van der Waals surface area contributed by atoms with E-state index in [1.807, 2.05) is 18.7 Å². The molecule has 0 aromatic heterocycles. The lowest BCUT2D eigenvalue weighted by atomic mass is 10.3. The van der Waals surface area contributed by atoms with Crippen LogP contribution in [-0.4, -0.2) is 25.8 Å². The van der Waals surface area contributed by atoms with Gasteiger partial charge in [0.1, 0.15) is 4.93 Å². The molecule has 0 saturated carbocycles. The van der Waals surface area contributed by atoms with Gasteiger partial charge in [-0.25, -0.2) is 0 Å². The quantitative estimate of drug-likeness (QED) is 0.658. The number of thioether (sulfide) groups is 2. The summed E-state index contributed by atoms with van der Waals surface area (Å²) in [5, 5.41) is 11.6. The Kier molecular flexibility index (Phi) is 3.41. The first-order chi connectivity index (χ1) is 5.42. The number of rotatable bonds is 0. The van der Waals surface area contributed by atoms with Gasteiger partial charge in [-0.1, -0.05) is 13.8 Å². The van der Waals surface area contributed by atoms with E-state index in [0.717, 1.165) is 0 Å². The van der Waals surface area contributed by atoms with Crippen LogP contribution in [0, 0.1) is 0 Å². The smallest absolute Gasteiger partial charge is 0.119 e. The molecule has 3 heteroatoms. The summed E-state index contributed by atoms with van der Waals surface area (Å²) in [5.74, 6) is 0. The topological polar surface area (TPSA) is 20.2 Å². The van der Waals surface area contributed by atoms with Gasteiger partial charge in [0.2, 0.25) is 0 Å². The number of hydrogen-bond donors (Lipinski definition) is 1. The van der Waals surface area contributed by atoms with Crippen molar-refractivity contribution in [1.29, 1.82) is 0 Å². The minimum Gasteiger partial charge on any atom is -0.379 e. The molecule has 0 aliphatic carbocycles. The van der Waals surface area contributed by atoms with Crippen molar-refractivity contribution in [2.24, 2.45) is 0 Å². The third kappa shape index (κ3) is 2.57. The Bertz CT molecular complexity index is 159. The van der Waals surface area contributed by atoms with Crippen LogP contribution >= 0.6 is 23.5 Å². The fourth-order valence-electron chi connectivity index (χ4n) is 1.55. The van der Waals surface area contributed by atoms with Gasteiger partial charge in [0.15, 0.2) is 0 Å². The number of hydrogen-bond acceptors (Lipinski definition) is 3. The Morgan fingerprint density at radius 1 is 1.25 bits per heavy atom. The fourth-order valence-corrected chi connectivity index (χ4v) is 4.74. The molecule has 1 rings (SSSR count). The van der Waals surface area contributed by atoms with Crippen molar-refractivity contribution in [3.05, 3.63) is 0 Å². The maximum atomic E-state index is 10.1. The Morgan fingerprint density at radius 2 is 1.83 bits per heavy atom. The third-order valence-corrected chi connectivity index (χ3v) is 5.39. The summed E-state index contributed by atoms with van der Waals surface area (Å²) in [7, 11) is 0. The van der Waals surface area contributed by atoms with Gasteiger partial charge in [-0.05, 0) is 20.3 Å². The first kappa shape index (κ1) is 10.7. The van der Waals surface area contributed by atoms with Crippen LogP contribution in [0.4, 0.5) is 0 Å². The third-order valence-electron chi connectivity index (χ3n) is 2.29. The first-order valence-corrected chi connectivity index (χ1v) is 6.29. The Hall–Kier alpha value is 0.660. The van der Waals surface area contributed by atoms with Gasteiger partial charge in [-0.2, -0.15) is 11.8 Å². The van der Waals surface area contributed by atoms with Crippen LogP contribution in [0.15, 0.2) is 0 Å². The lowest BCUT2D eigenvalue weighted by molar-refractivity contribution is 0.159. The molecule has 4 unspecified atom stereocenters. The summed E-state index contributed by atoms with van der Waals surface area (Å²) >= 11 is 3.61. The predicted molar refractivity (Wildman–Crippen MR) is 58.8 cm³/mol. The van der Waals surface area contributed by atoms with Gasteiger partial charge in [0, 0.05) is 15.7 Å². The Morgan fingerprint density at radius 3 is 2.42 bits per heavy atom. The fraction of sp³-hybridized carbons (Fsp3) is 1.00. The molecule has 0 radical (unpaired) electrons. The summed E-state index contributed by atoms with van der Waals surface area (Å²) in [6.45, 7) is 8.50. The molecular formula is C9H18OS2. The minimum atomic E-state index is -0.547. The summed E-state index contributed by atoms with van der Waals surface area (Å²) < 4.78 is 0. The Balaban J connectivity index is 2.68. The van der Waals surface area contributed by atoms with Crippen LogP contribution in [0.25, 0.3) is 0 Å². The average Bonchev–Trinajstić information content (AvgIpc) is 1.89. The molecule has 1 saturated heterocycles. The van der Waals surface area contributed by atoms with Crippen molar-refractivity contribution in [2.45, 2.75) is 54.8 Å². The monoisotopic (exact) mass is 206 g/mol. The predicted octanol–water partition coefficient (Wildman–Crippen LogP) is 2.73. The Labute approximate surface area is 83.7 Å². The van der Waals surface area contributed by atoms with E-state index in [9.17, 15) is 5.11 Å². The summed E-state index contributed by atoms with van der Waals surface area (Å²) in [6, 6.07) is 0. The van der Waals surface area contributed by atoms with E-state index in [-0.39, 0.29) is 0 Å². The lowest BCUT2D eigenvalue weighted by Gasteiger charge is -2.28. The molecule has 0 bridgehead atoms. The normalized spacial score (nSPS) is 50.2. The van der Waals surface area contributed by atoms with Crippen molar-refractivity contribution in [1.82, 2.24) is 0 Å². The zero-order chi connectivity index (χ0) is 9.35. The van der Waals surface area contributed by atoms with Gasteiger partial charge in [0.05, 0.1) is 0 Å². The highest BCUT2D eigenvalue weighted by Crippen LogP contribution is 2.43. The van der Waals surface area contributed by atoms with Crippen LogP contribution in [0.2, 0.25) is 0 Å². The molecular weight excluding hydrogens is 188 g/mol. The molecule has 1 N–H and O–H groups in total. The van der Waals surface area contributed by atoms with Gasteiger partial charge >= 0.3 is 0 Å². The second-order valence-corrected chi connectivity index (χ2v) is 7.46. The summed E-state index contributed by atoms with van der Waals surface area (Å²) in [5.41, 5.74) is 0. The van der Waals surface area contributed by atoms with E-state index in [1.165, 1.54) is 6.42 Å². The maximum absolute atomic E-state index is 10.1. The molecule has 1 aliphatic heterocycles. The molecule has 72 valence electrons. The van der Waals surface area contributed by atoms with Crippen LogP contribution in [0.5, 0.6) is 0 Å². The zero-order valence-corrected chi connectivity index (χ0v) is 9.84. The molecule has 1 nitrogen and oxygen atoms in total. The highest BCUT2D eigenvalue weighted by molar-refractivity contribution is 8.05. The van der Waals surface area contributed by atoms with Crippen LogP contribution in [0.3, 0.4) is 0 Å². The second-order valence-electron chi connectivity index (χ2n) is 3.81. The molecule has 1 heterocycles. The largest absolute Gasteiger partial charge is 0.379 e. The van der Waals surface area contributed by atoms with Gasteiger partial charge in [0.25, 0.3) is 0 Å². The molecule has 0 aromatic carbocycles. The van der Waals surface area contributed by atoms with Gasteiger partial charge < -0.3 is 5.11 Å². The van der Waals surface area contributed by atoms with E-state index in [4.69, 9.17) is 0 Å². The molecule has 12 heavy (non-hydrogen) atoms. The highest BCUT2D eigenvalue weighted by Gasteiger charge is 2.35. The van der Waals surface area contributed by atoms with Crippen molar-refractivity contribution in [3.8, 4) is 0 Å². The van der Waals surface area contributed by atoms with E-state index in [1.54, 1.807) is 11.8 Å². The molecule has 4 atom stereocenters. The van der Waals surface area contributed by atoms with Crippen molar-refractivity contribution in [3.63, 3.8) is 0 Å². The van der Waals surface area contributed by atoms with Crippen molar-refractivity contribution >= 4 is 23.5 Å². The zero-order valence-electron chi connectivity index (χ0n) is 8.20. The second kappa shape index (κ2) is 3.81. The summed E-state index contributed by atoms with van der Waals surface area (Å²) in [6.07, 6.45) is 1.20. The minimum absolute atomic E-state index is 0.336. The standard InChI is InChI=1S/C9H18OS2/c1-6-5-7(2)12-9(4,10)8(3)11-6/h6-8,10H,5H2,1-4H3. The first-order valence-electron chi connectivity index (χ1n) is 4.47. The van der Waals surface area contributed by atoms with E-state index >= 15 is 0 Å². The van der Waals surface area contributed by atoms with Crippen LogP contribution in [-0.2, 0) is 0 Å². The average molecular weight is 206 g/mol. The molecule has 0 spiro atoms. The summed E-state index contributed by atoms with van der Waals surface area (Å²) in [4.78, 5) is -0.547. The van der Waals surface area contributed by atoms with Crippen LogP contribution in [0.1, 0.15) is 34.1 Å².